The molecule has 0 aromatic heterocycles. The van der Waals surface area contributed by atoms with Gasteiger partial charge in [0.05, 0.1) is 5.56 Å². The third kappa shape index (κ3) is 5.88. The summed E-state index contributed by atoms with van der Waals surface area (Å²) in [6.45, 7) is 6.46. The second-order valence-electron chi connectivity index (χ2n) is 5.55. The highest BCUT2D eigenvalue weighted by atomic mass is 16.4. The maximum atomic E-state index is 11.1. The van der Waals surface area contributed by atoms with Crippen molar-refractivity contribution in [1.29, 1.82) is 0 Å². The Bertz CT molecular complexity index is 401. The van der Waals surface area contributed by atoms with Gasteiger partial charge in [-0.25, -0.2) is 4.79 Å². The molecule has 0 aliphatic heterocycles. The van der Waals surface area contributed by atoms with E-state index in [2.05, 4.69) is 25.8 Å². The standard InChI is InChI=1S/C16H25NO2/c1-13(2)7-6-11-17(3)12-10-14-8-4-5-9-15(14)16(18)19/h4-5,8-9,13H,6-7,10-12H2,1-3H3,(H,18,19). The van der Waals surface area contributed by atoms with Gasteiger partial charge in [0, 0.05) is 6.54 Å². The van der Waals surface area contributed by atoms with Crippen LogP contribution in [0.25, 0.3) is 0 Å². The third-order valence-electron chi connectivity index (χ3n) is 3.33. The van der Waals surface area contributed by atoms with Crippen LogP contribution in [0.4, 0.5) is 0 Å². The Morgan fingerprint density at radius 2 is 1.95 bits per heavy atom. The van der Waals surface area contributed by atoms with Crippen molar-refractivity contribution in [3.63, 3.8) is 0 Å². The van der Waals surface area contributed by atoms with Gasteiger partial charge in [0.25, 0.3) is 0 Å². The Morgan fingerprint density at radius 3 is 2.58 bits per heavy atom. The first-order valence-corrected chi connectivity index (χ1v) is 7.00. The van der Waals surface area contributed by atoms with Gasteiger partial charge in [-0.2, -0.15) is 0 Å². The van der Waals surface area contributed by atoms with Gasteiger partial charge < -0.3 is 10.0 Å². The monoisotopic (exact) mass is 263 g/mol. The summed E-state index contributed by atoms with van der Waals surface area (Å²) in [6, 6.07) is 7.27. The second kappa shape index (κ2) is 7.95. The molecule has 19 heavy (non-hydrogen) atoms. The van der Waals surface area contributed by atoms with E-state index in [-0.39, 0.29) is 0 Å². The van der Waals surface area contributed by atoms with Gasteiger partial charge in [-0.3, -0.25) is 0 Å². The van der Waals surface area contributed by atoms with Gasteiger partial charge >= 0.3 is 5.97 Å². The van der Waals surface area contributed by atoms with E-state index in [0.29, 0.717) is 5.56 Å². The average molecular weight is 263 g/mol. The highest BCUT2D eigenvalue weighted by Gasteiger charge is 2.09. The number of hydrogen-bond donors (Lipinski definition) is 1. The molecule has 1 N–H and O–H groups in total. The Morgan fingerprint density at radius 1 is 1.26 bits per heavy atom. The Kier molecular flexibility index (Phi) is 6.57. The van der Waals surface area contributed by atoms with Crippen LogP contribution < -0.4 is 0 Å². The number of carbonyl (C=O) groups is 1. The largest absolute Gasteiger partial charge is 0.478 e. The quantitative estimate of drug-likeness (QED) is 0.782. The lowest BCUT2D eigenvalue weighted by atomic mass is 10.0. The number of rotatable bonds is 8. The van der Waals surface area contributed by atoms with Crippen LogP contribution in [-0.2, 0) is 6.42 Å². The first kappa shape index (κ1) is 15.7. The molecule has 0 bridgehead atoms. The Labute approximate surface area is 116 Å². The van der Waals surface area contributed by atoms with E-state index < -0.39 is 5.97 Å². The summed E-state index contributed by atoms with van der Waals surface area (Å²) in [7, 11) is 2.10. The van der Waals surface area contributed by atoms with E-state index >= 15 is 0 Å². The molecule has 0 amide bonds. The van der Waals surface area contributed by atoms with E-state index in [0.717, 1.165) is 31.0 Å². The second-order valence-corrected chi connectivity index (χ2v) is 5.55. The van der Waals surface area contributed by atoms with E-state index in [1.54, 1.807) is 12.1 Å². The van der Waals surface area contributed by atoms with Gasteiger partial charge in [0.1, 0.15) is 0 Å². The molecule has 0 atom stereocenters. The molecule has 1 aromatic rings. The number of likely N-dealkylation sites (N-methyl/N-ethyl adjacent to an activating group) is 1. The highest BCUT2D eigenvalue weighted by Crippen LogP contribution is 2.10. The molecule has 0 spiro atoms. The number of nitrogens with zero attached hydrogens (tertiary/aromatic N) is 1. The predicted molar refractivity (Wildman–Crippen MR) is 78.7 cm³/mol. The molecule has 0 saturated carbocycles. The Hall–Kier alpha value is -1.35. The number of hydrogen-bond acceptors (Lipinski definition) is 2. The molecule has 1 rings (SSSR count). The molecular formula is C16H25NO2. The maximum Gasteiger partial charge on any atom is 0.335 e. The van der Waals surface area contributed by atoms with Gasteiger partial charge in [-0.1, -0.05) is 32.0 Å². The fraction of sp³-hybridized carbons (Fsp3) is 0.562. The zero-order valence-corrected chi connectivity index (χ0v) is 12.2. The molecule has 0 saturated heterocycles. The van der Waals surface area contributed by atoms with E-state index in [4.69, 9.17) is 5.11 Å². The zero-order chi connectivity index (χ0) is 14.3. The number of carboxylic acids is 1. The number of aromatic carboxylic acids is 1. The molecule has 0 aliphatic rings. The summed E-state index contributed by atoms with van der Waals surface area (Å²) >= 11 is 0. The Balaban J connectivity index is 2.42. The SMILES string of the molecule is CC(C)CCCN(C)CCc1ccccc1C(=O)O. The van der Waals surface area contributed by atoms with Crippen molar-refractivity contribution in [2.24, 2.45) is 5.92 Å². The minimum atomic E-state index is -0.835. The van der Waals surface area contributed by atoms with Gasteiger partial charge in [-0.05, 0) is 50.4 Å². The normalized spacial score (nSPS) is 11.2. The summed E-state index contributed by atoms with van der Waals surface area (Å²) < 4.78 is 0. The summed E-state index contributed by atoms with van der Waals surface area (Å²) in [5, 5.41) is 9.12. The molecule has 3 nitrogen and oxygen atoms in total. The van der Waals surface area contributed by atoms with Crippen molar-refractivity contribution in [3.8, 4) is 0 Å². The van der Waals surface area contributed by atoms with Crippen LogP contribution in [0.3, 0.4) is 0 Å². The van der Waals surface area contributed by atoms with Crippen LogP contribution in [0.2, 0.25) is 0 Å². The maximum absolute atomic E-state index is 11.1. The van der Waals surface area contributed by atoms with Gasteiger partial charge in [-0.15, -0.1) is 0 Å². The van der Waals surface area contributed by atoms with Crippen molar-refractivity contribution in [1.82, 2.24) is 4.90 Å². The lowest BCUT2D eigenvalue weighted by Crippen LogP contribution is -2.23. The van der Waals surface area contributed by atoms with Crippen LogP contribution in [0, 0.1) is 5.92 Å². The lowest BCUT2D eigenvalue weighted by molar-refractivity contribution is 0.0695. The van der Waals surface area contributed by atoms with Crippen LogP contribution in [0.1, 0.15) is 42.6 Å². The van der Waals surface area contributed by atoms with Crippen molar-refractivity contribution < 1.29 is 9.90 Å². The van der Waals surface area contributed by atoms with Gasteiger partial charge in [0.15, 0.2) is 0 Å². The molecule has 1 aromatic carbocycles. The van der Waals surface area contributed by atoms with Crippen LogP contribution in [0.5, 0.6) is 0 Å². The molecule has 0 aliphatic carbocycles. The van der Waals surface area contributed by atoms with Crippen molar-refractivity contribution >= 4 is 5.97 Å². The first-order valence-electron chi connectivity index (χ1n) is 7.00. The van der Waals surface area contributed by atoms with Crippen molar-refractivity contribution in [2.75, 3.05) is 20.1 Å². The van der Waals surface area contributed by atoms with E-state index in [9.17, 15) is 4.79 Å². The fourth-order valence-electron chi connectivity index (χ4n) is 2.14. The highest BCUT2D eigenvalue weighted by molar-refractivity contribution is 5.89. The molecule has 3 heteroatoms. The molecule has 0 unspecified atom stereocenters. The van der Waals surface area contributed by atoms with Crippen LogP contribution in [0.15, 0.2) is 24.3 Å². The molecule has 106 valence electrons. The number of carboxylic acid groups (broad SMARTS) is 1. The smallest absolute Gasteiger partial charge is 0.335 e. The van der Waals surface area contributed by atoms with E-state index in [1.165, 1.54) is 12.8 Å². The van der Waals surface area contributed by atoms with Gasteiger partial charge in [0.2, 0.25) is 0 Å². The minimum Gasteiger partial charge on any atom is -0.478 e. The average Bonchev–Trinajstić information content (AvgIpc) is 2.36. The summed E-state index contributed by atoms with van der Waals surface area (Å²) in [5.41, 5.74) is 1.35. The minimum absolute atomic E-state index is 0.429. The fourth-order valence-corrected chi connectivity index (χ4v) is 2.14. The van der Waals surface area contributed by atoms with Crippen LogP contribution >= 0.6 is 0 Å². The summed E-state index contributed by atoms with van der Waals surface area (Å²) in [6.07, 6.45) is 3.24. The molecule has 0 radical (unpaired) electrons. The third-order valence-corrected chi connectivity index (χ3v) is 3.33. The van der Waals surface area contributed by atoms with E-state index in [1.807, 2.05) is 12.1 Å². The molecule has 0 heterocycles. The number of benzene rings is 1. The molecular weight excluding hydrogens is 238 g/mol. The summed E-state index contributed by atoms with van der Waals surface area (Å²) in [4.78, 5) is 13.4. The summed E-state index contributed by atoms with van der Waals surface area (Å²) in [5.74, 6) is -0.0841. The lowest BCUT2D eigenvalue weighted by Gasteiger charge is -2.17. The predicted octanol–water partition coefficient (Wildman–Crippen LogP) is 3.30. The van der Waals surface area contributed by atoms with Crippen molar-refractivity contribution in [2.45, 2.75) is 33.1 Å². The molecule has 0 fully saturated rings. The van der Waals surface area contributed by atoms with Crippen molar-refractivity contribution in [3.05, 3.63) is 35.4 Å². The zero-order valence-electron chi connectivity index (χ0n) is 12.2. The first-order chi connectivity index (χ1) is 9.00. The topological polar surface area (TPSA) is 40.5 Å². The van der Waals surface area contributed by atoms with Crippen LogP contribution in [-0.4, -0.2) is 36.1 Å².